The summed E-state index contributed by atoms with van der Waals surface area (Å²) >= 11 is 0. The van der Waals surface area contributed by atoms with Gasteiger partial charge < -0.3 is 4.42 Å². The summed E-state index contributed by atoms with van der Waals surface area (Å²) in [5.74, 6) is 0.972. The minimum Gasteiger partial charge on any atom is -0.468 e. The molecule has 2 heterocycles. The highest BCUT2D eigenvalue weighted by Gasteiger charge is 2.08. The zero-order valence-electron chi connectivity index (χ0n) is 13.1. The van der Waals surface area contributed by atoms with E-state index in [1.165, 1.54) is 11.1 Å². The minimum atomic E-state index is 0.780. The molecule has 0 radical (unpaired) electrons. The van der Waals surface area contributed by atoms with Crippen LogP contribution in [0, 0.1) is 0 Å². The topological polar surface area (TPSA) is 34.2 Å². The summed E-state index contributed by atoms with van der Waals surface area (Å²) in [5, 5.41) is 4.26. The SMILES string of the molecule is C=CCN(Cc1cccc(Cn2cccn2)c1)Cc1ccco1. The van der Waals surface area contributed by atoms with Gasteiger partial charge in [0.15, 0.2) is 0 Å². The summed E-state index contributed by atoms with van der Waals surface area (Å²) in [6.07, 6.45) is 7.43. The first-order chi connectivity index (χ1) is 11.3. The Balaban J connectivity index is 1.68. The Bertz CT molecular complexity index is 717. The third kappa shape index (κ3) is 4.44. The van der Waals surface area contributed by atoms with E-state index in [4.69, 9.17) is 4.42 Å². The predicted octanol–water partition coefficient (Wildman–Crippen LogP) is 3.71. The molecule has 0 bridgehead atoms. The van der Waals surface area contributed by atoms with Crippen molar-refractivity contribution < 1.29 is 4.42 Å². The number of hydrogen-bond donors (Lipinski definition) is 0. The van der Waals surface area contributed by atoms with Gasteiger partial charge in [0.05, 0.1) is 19.4 Å². The van der Waals surface area contributed by atoms with Crippen LogP contribution in [0.3, 0.4) is 0 Å². The highest BCUT2D eigenvalue weighted by molar-refractivity contribution is 5.23. The summed E-state index contributed by atoms with van der Waals surface area (Å²) in [6, 6.07) is 14.5. The Morgan fingerprint density at radius 2 is 2.04 bits per heavy atom. The van der Waals surface area contributed by atoms with E-state index in [9.17, 15) is 0 Å². The third-order valence-corrected chi connectivity index (χ3v) is 3.65. The maximum atomic E-state index is 5.45. The minimum absolute atomic E-state index is 0.780. The number of rotatable bonds is 8. The summed E-state index contributed by atoms with van der Waals surface area (Å²) in [7, 11) is 0. The van der Waals surface area contributed by atoms with Gasteiger partial charge >= 0.3 is 0 Å². The van der Waals surface area contributed by atoms with Crippen molar-refractivity contribution in [3.8, 4) is 0 Å². The highest BCUT2D eigenvalue weighted by atomic mass is 16.3. The van der Waals surface area contributed by atoms with Gasteiger partial charge in [-0.25, -0.2) is 0 Å². The molecule has 1 aromatic carbocycles. The first kappa shape index (κ1) is 15.3. The molecule has 0 amide bonds. The maximum Gasteiger partial charge on any atom is 0.117 e. The molecule has 4 nitrogen and oxygen atoms in total. The number of nitrogens with zero attached hydrogens (tertiary/aromatic N) is 3. The molecular weight excluding hydrogens is 286 g/mol. The van der Waals surface area contributed by atoms with E-state index in [0.717, 1.165) is 31.9 Å². The molecule has 0 N–H and O–H groups in total. The monoisotopic (exact) mass is 307 g/mol. The van der Waals surface area contributed by atoms with E-state index in [2.05, 4.69) is 40.8 Å². The lowest BCUT2D eigenvalue weighted by Gasteiger charge is -2.20. The van der Waals surface area contributed by atoms with Gasteiger partial charge in [-0.15, -0.1) is 6.58 Å². The molecule has 0 aliphatic heterocycles. The van der Waals surface area contributed by atoms with Crippen LogP contribution >= 0.6 is 0 Å². The predicted molar refractivity (Wildman–Crippen MR) is 90.8 cm³/mol. The van der Waals surface area contributed by atoms with Gasteiger partial charge in [0.25, 0.3) is 0 Å². The van der Waals surface area contributed by atoms with Crippen molar-refractivity contribution >= 4 is 0 Å². The molecule has 3 aromatic rings. The quantitative estimate of drug-likeness (QED) is 0.595. The van der Waals surface area contributed by atoms with Crippen molar-refractivity contribution in [1.82, 2.24) is 14.7 Å². The molecule has 4 heteroatoms. The summed E-state index contributed by atoms with van der Waals surface area (Å²) < 4.78 is 7.39. The van der Waals surface area contributed by atoms with E-state index in [0.29, 0.717) is 0 Å². The lowest BCUT2D eigenvalue weighted by atomic mass is 10.1. The highest BCUT2D eigenvalue weighted by Crippen LogP contribution is 2.13. The van der Waals surface area contributed by atoms with Crippen LogP contribution in [0.15, 0.2) is 78.2 Å². The Labute approximate surface area is 136 Å². The fraction of sp³-hybridized carbons (Fsp3) is 0.211. The average Bonchev–Trinajstić information content (AvgIpc) is 3.22. The van der Waals surface area contributed by atoms with Gasteiger partial charge in [0.2, 0.25) is 0 Å². The smallest absolute Gasteiger partial charge is 0.117 e. The summed E-state index contributed by atoms with van der Waals surface area (Å²) in [6.45, 7) is 7.11. The van der Waals surface area contributed by atoms with Crippen molar-refractivity contribution in [1.29, 1.82) is 0 Å². The molecule has 0 atom stereocenters. The van der Waals surface area contributed by atoms with Crippen molar-refractivity contribution in [3.63, 3.8) is 0 Å². The van der Waals surface area contributed by atoms with Crippen molar-refractivity contribution in [2.24, 2.45) is 0 Å². The molecule has 23 heavy (non-hydrogen) atoms. The van der Waals surface area contributed by atoms with Crippen LogP contribution in [-0.4, -0.2) is 21.2 Å². The molecule has 2 aromatic heterocycles. The van der Waals surface area contributed by atoms with Gasteiger partial charge in [-0.05, 0) is 29.3 Å². The molecular formula is C19H21N3O. The maximum absolute atomic E-state index is 5.45. The normalized spacial score (nSPS) is 11.0. The Kier molecular flexibility index (Phi) is 5.06. The molecule has 0 aliphatic rings. The molecule has 0 unspecified atom stereocenters. The van der Waals surface area contributed by atoms with E-state index < -0.39 is 0 Å². The first-order valence-electron chi connectivity index (χ1n) is 7.74. The number of benzene rings is 1. The fourth-order valence-electron chi connectivity index (χ4n) is 2.66. The standard InChI is InChI=1S/C19H21N3O/c1-2-10-21(16-19-8-4-12-23-19)14-17-6-3-7-18(13-17)15-22-11-5-9-20-22/h2-9,11-13H,1,10,14-16H2. The third-order valence-electron chi connectivity index (χ3n) is 3.65. The molecule has 0 fully saturated rings. The van der Waals surface area contributed by atoms with Gasteiger partial charge in [-0.3, -0.25) is 9.58 Å². The zero-order valence-corrected chi connectivity index (χ0v) is 13.1. The van der Waals surface area contributed by atoms with Crippen LogP contribution in [0.25, 0.3) is 0 Å². The van der Waals surface area contributed by atoms with E-state index >= 15 is 0 Å². The second-order valence-corrected chi connectivity index (χ2v) is 5.56. The van der Waals surface area contributed by atoms with E-state index in [1.807, 2.05) is 35.2 Å². The van der Waals surface area contributed by atoms with Crippen LogP contribution in [0.1, 0.15) is 16.9 Å². The first-order valence-corrected chi connectivity index (χ1v) is 7.74. The van der Waals surface area contributed by atoms with Crippen molar-refractivity contribution in [3.05, 3.63) is 90.7 Å². The van der Waals surface area contributed by atoms with Crippen molar-refractivity contribution in [2.45, 2.75) is 19.6 Å². The van der Waals surface area contributed by atoms with Gasteiger partial charge in [0.1, 0.15) is 5.76 Å². The van der Waals surface area contributed by atoms with Crippen molar-refractivity contribution in [2.75, 3.05) is 6.54 Å². The molecule has 118 valence electrons. The van der Waals surface area contributed by atoms with Crippen LogP contribution in [0.4, 0.5) is 0 Å². The summed E-state index contributed by atoms with van der Waals surface area (Å²) in [4.78, 5) is 2.30. The van der Waals surface area contributed by atoms with Crippen LogP contribution < -0.4 is 0 Å². The number of aromatic nitrogens is 2. The molecule has 0 aliphatic carbocycles. The van der Waals surface area contributed by atoms with Gasteiger partial charge in [0, 0.05) is 25.5 Å². The largest absolute Gasteiger partial charge is 0.468 e. The second kappa shape index (κ2) is 7.61. The Hall–Kier alpha value is -2.59. The van der Waals surface area contributed by atoms with Gasteiger partial charge in [-0.1, -0.05) is 30.3 Å². The Morgan fingerprint density at radius 1 is 1.13 bits per heavy atom. The van der Waals surface area contributed by atoms with Crippen LogP contribution in [0.2, 0.25) is 0 Å². The second-order valence-electron chi connectivity index (χ2n) is 5.56. The lowest BCUT2D eigenvalue weighted by Crippen LogP contribution is -2.22. The van der Waals surface area contributed by atoms with Crippen LogP contribution in [-0.2, 0) is 19.6 Å². The van der Waals surface area contributed by atoms with Gasteiger partial charge in [-0.2, -0.15) is 5.10 Å². The molecule has 0 saturated heterocycles. The van der Waals surface area contributed by atoms with E-state index in [-0.39, 0.29) is 0 Å². The molecule has 0 saturated carbocycles. The number of hydrogen-bond acceptors (Lipinski definition) is 3. The summed E-state index contributed by atoms with van der Waals surface area (Å²) in [5.41, 5.74) is 2.53. The molecule has 3 rings (SSSR count). The zero-order chi connectivity index (χ0) is 15.9. The lowest BCUT2D eigenvalue weighted by molar-refractivity contribution is 0.260. The van der Waals surface area contributed by atoms with Crippen LogP contribution in [0.5, 0.6) is 0 Å². The number of furan rings is 1. The molecule has 0 spiro atoms. The van der Waals surface area contributed by atoms with E-state index in [1.54, 1.807) is 12.5 Å². The average molecular weight is 307 g/mol. The fourth-order valence-corrected chi connectivity index (χ4v) is 2.66. The Morgan fingerprint density at radius 3 is 2.78 bits per heavy atom.